The monoisotopic (exact) mass is 290 g/mol. The lowest BCUT2D eigenvalue weighted by atomic mass is 9.97. The van der Waals surface area contributed by atoms with Gasteiger partial charge < -0.3 is 4.90 Å². The maximum absolute atomic E-state index is 11.5. The molecule has 2 aliphatic heterocycles. The molecular formula is C15H22N4O2. The smallest absolute Gasteiger partial charge is 0.276 e. The van der Waals surface area contributed by atoms with Crippen LogP contribution < -0.4 is 5.48 Å². The number of rotatable bonds is 2. The Hall–Kier alpha value is -1.50. The molecular weight excluding hydrogens is 268 g/mol. The van der Waals surface area contributed by atoms with E-state index in [1.807, 2.05) is 6.07 Å². The second-order valence-corrected chi connectivity index (χ2v) is 6.03. The van der Waals surface area contributed by atoms with Crippen molar-refractivity contribution in [1.82, 2.24) is 20.3 Å². The van der Waals surface area contributed by atoms with Crippen LogP contribution >= 0.6 is 0 Å². The summed E-state index contributed by atoms with van der Waals surface area (Å²) in [5.41, 5.74) is 4.28. The maximum Gasteiger partial charge on any atom is 0.276 e. The Kier molecular flexibility index (Phi) is 4.19. The second-order valence-electron chi connectivity index (χ2n) is 6.03. The Labute approximate surface area is 124 Å². The Morgan fingerprint density at radius 2 is 2.14 bits per heavy atom. The lowest BCUT2D eigenvalue weighted by Gasteiger charge is -2.39. The molecule has 0 aliphatic carbocycles. The van der Waals surface area contributed by atoms with Crippen LogP contribution in [0.2, 0.25) is 0 Å². The van der Waals surface area contributed by atoms with E-state index in [4.69, 9.17) is 5.21 Å². The Bertz CT molecular complexity index is 526. The zero-order chi connectivity index (χ0) is 14.8. The number of hydrogen-bond donors (Lipinski definition) is 2. The number of fused-ring (bicyclic) bond motifs is 1. The number of nitrogens with zero attached hydrogens (tertiary/aromatic N) is 3. The second kappa shape index (κ2) is 6.09. The molecule has 0 unspecified atom stereocenters. The molecule has 0 aromatic carbocycles. The van der Waals surface area contributed by atoms with Crippen LogP contribution in [0.1, 0.15) is 34.5 Å². The summed E-state index contributed by atoms with van der Waals surface area (Å²) in [6.07, 6.45) is 4.88. The largest absolute Gasteiger partial charge is 0.306 e. The fourth-order valence-electron chi connectivity index (χ4n) is 3.31. The molecule has 1 aromatic rings. The van der Waals surface area contributed by atoms with Crippen molar-refractivity contribution in [1.29, 1.82) is 0 Å². The summed E-state index contributed by atoms with van der Waals surface area (Å²) in [5, 5.41) is 8.73. The SMILES string of the molecule is CN1CCC(N2CCc3ncc(C(=O)NO)cc3C2)CC1. The molecule has 3 heterocycles. The minimum absolute atomic E-state index is 0.418. The molecule has 1 fully saturated rings. The highest BCUT2D eigenvalue weighted by Crippen LogP contribution is 2.24. The minimum atomic E-state index is -0.498. The molecule has 2 aliphatic rings. The normalized spacial score (nSPS) is 21.0. The highest BCUT2D eigenvalue weighted by atomic mass is 16.5. The molecule has 6 heteroatoms. The number of hydrogen-bond acceptors (Lipinski definition) is 5. The van der Waals surface area contributed by atoms with Gasteiger partial charge in [0.05, 0.1) is 5.56 Å². The third-order valence-corrected chi connectivity index (χ3v) is 4.64. The first-order valence-corrected chi connectivity index (χ1v) is 7.52. The predicted octanol–water partition coefficient (Wildman–Crippen LogP) is 0.653. The summed E-state index contributed by atoms with van der Waals surface area (Å²) >= 11 is 0. The zero-order valence-corrected chi connectivity index (χ0v) is 12.4. The highest BCUT2D eigenvalue weighted by molar-refractivity contribution is 5.93. The average molecular weight is 290 g/mol. The van der Waals surface area contributed by atoms with Gasteiger partial charge in [-0.15, -0.1) is 0 Å². The first-order chi connectivity index (χ1) is 10.2. The van der Waals surface area contributed by atoms with Crippen molar-refractivity contribution in [3.8, 4) is 0 Å². The summed E-state index contributed by atoms with van der Waals surface area (Å²) in [7, 11) is 2.17. The number of nitrogens with one attached hydrogen (secondary N) is 1. The van der Waals surface area contributed by atoms with Gasteiger partial charge in [-0.25, -0.2) is 5.48 Å². The van der Waals surface area contributed by atoms with E-state index in [0.29, 0.717) is 11.6 Å². The molecule has 6 nitrogen and oxygen atoms in total. The first-order valence-electron chi connectivity index (χ1n) is 7.52. The van der Waals surface area contributed by atoms with Crippen molar-refractivity contribution in [2.45, 2.75) is 31.8 Å². The number of pyridine rings is 1. The van der Waals surface area contributed by atoms with Gasteiger partial charge in [0.1, 0.15) is 0 Å². The number of aromatic nitrogens is 1. The van der Waals surface area contributed by atoms with Gasteiger partial charge in [-0.3, -0.25) is 19.9 Å². The van der Waals surface area contributed by atoms with Crippen molar-refractivity contribution >= 4 is 5.91 Å². The van der Waals surface area contributed by atoms with Gasteiger partial charge in [0.2, 0.25) is 0 Å². The Balaban J connectivity index is 1.73. The van der Waals surface area contributed by atoms with Gasteiger partial charge in [-0.05, 0) is 44.6 Å². The predicted molar refractivity (Wildman–Crippen MR) is 78.1 cm³/mol. The van der Waals surface area contributed by atoms with E-state index in [1.54, 1.807) is 5.48 Å². The van der Waals surface area contributed by atoms with E-state index >= 15 is 0 Å². The summed E-state index contributed by atoms with van der Waals surface area (Å²) < 4.78 is 0. The topological polar surface area (TPSA) is 68.7 Å². The summed E-state index contributed by atoms with van der Waals surface area (Å²) in [4.78, 5) is 20.8. The standard InChI is InChI=1S/C15H22N4O2/c1-18-5-2-13(3-6-18)19-7-4-14-12(10-19)8-11(9-16-14)15(20)17-21/h8-9,13,21H,2-7,10H2,1H3,(H,17,20). The third kappa shape index (κ3) is 3.07. The van der Waals surface area contributed by atoms with E-state index in [0.717, 1.165) is 43.9 Å². The molecule has 0 saturated carbocycles. The number of carbonyl (C=O) groups excluding carboxylic acids is 1. The van der Waals surface area contributed by atoms with Crippen LogP contribution in [0.25, 0.3) is 0 Å². The number of likely N-dealkylation sites (tertiary alicyclic amines) is 1. The number of piperidine rings is 1. The number of carbonyl (C=O) groups is 1. The van der Waals surface area contributed by atoms with Crippen LogP contribution in [0.15, 0.2) is 12.3 Å². The molecule has 1 aromatic heterocycles. The molecule has 2 N–H and O–H groups in total. The number of amides is 1. The quantitative estimate of drug-likeness (QED) is 0.618. The van der Waals surface area contributed by atoms with Crippen molar-refractivity contribution in [3.05, 3.63) is 29.1 Å². The van der Waals surface area contributed by atoms with Crippen molar-refractivity contribution < 1.29 is 10.0 Å². The van der Waals surface area contributed by atoms with Crippen LogP contribution in [-0.2, 0) is 13.0 Å². The fraction of sp³-hybridized carbons (Fsp3) is 0.600. The van der Waals surface area contributed by atoms with Crippen LogP contribution in [0.5, 0.6) is 0 Å². The molecule has 0 atom stereocenters. The van der Waals surface area contributed by atoms with Crippen molar-refractivity contribution in [2.24, 2.45) is 0 Å². The first kappa shape index (κ1) is 14.4. The minimum Gasteiger partial charge on any atom is -0.306 e. The van der Waals surface area contributed by atoms with Gasteiger partial charge in [0.25, 0.3) is 5.91 Å². The molecule has 0 radical (unpaired) electrons. The van der Waals surface area contributed by atoms with Crippen molar-refractivity contribution in [3.63, 3.8) is 0 Å². The van der Waals surface area contributed by atoms with Crippen LogP contribution in [0.4, 0.5) is 0 Å². The molecule has 1 saturated heterocycles. The van der Waals surface area contributed by atoms with Crippen LogP contribution in [-0.4, -0.2) is 58.6 Å². The zero-order valence-electron chi connectivity index (χ0n) is 12.4. The number of hydroxylamine groups is 1. The third-order valence-electron chi connectivity index (χ3n) is 4.64. The Morgan fingerprint density at radius 1 is 1.38 bits per heavy atom. The average Bonchev–Trinajstić information content (AvgIpc) is 2.53. The fourth-order valence-corrected chi connectivity index (χ4v) is 3.31. The van der Waals surface area contributed by atoms with Gasteiger partial charge in [0, 0.05) is 37.4 Å². The summed E-state index contributed by atoms with van der Waals surface area (Å²) in [6, 6.07) is 2.49. The van der Waals surface area contributed by atoms with Gasteiger partial charge in [0.15, 0.2) is 0 Å². The van der Waals surface area contributed by atoms with Gasteiger partial charge >= 0.3 is 0 Å². The maximum atomic E-state index is 11.5. The molecule has 114 valence electrons. The molecule has 0 bridgehead atoms. The lowest BCUT2D eigenvalue weighted by Crippen LogP contribution is -2.45. The van der Waals surface area contributed by atoms with Crippen molar-refractivity contribution in [2.75, 3.05) is 26.7 Å². The summed E-state index contributed by atoms with van der Waals surface area (Å²) in [6.45, 7) is 4.20. The summed E-state index contributed by atoms with van der Waals surface area (Å²) in [5.74, 6) is -0.498. The highest BCUT2D eigenvalue weighted by Gasteiger charge is 2.27. The van der Waals surface area contributed by atoms with E-state index in [9.17, 15) is 4.79 Å². The van der Waals surface area contributed by atoms with E-state index in [2.05, 4.69) is 21.8 Å². The van der Waals surface area contributed by atoms with Gasteiger partial charge in [-0.2, -0.15) is 0 Å². The molecule has 0 spiro atoms. The van der Waals surface area contributed by atoms with E-state index in [1.165, 1.54) is 19.0 Å². The Morgan fingerprint density at radius 3 is 2.86 bits per heavy atom. The molecule has 1 amide bonds. The van der Waals surface area contributed by atoms with E-state index in [-0.39, 0.29) is 0 Å². The van der Waals surface area contributed by atoms with E-state index < -0.39 is 5.91 Å². The molecule has 3 rings (SSSR count). The molecule has 21 heavy (non-hydrogen) atoms. The van der Waals surface area contributed by atoms with Crippen LogP contribution in [0.3, 0.4) is 0 Å². The lowest BCUT2D eigenvalue weighted by molar-refractivity contribution is 0.0705. The van der Waals surface area contributed by atoms with Gasteiger partial charge in [-0.1, -0.05) is 0 Å². The van der Waals surface area contributed by atoms with Crippen LogP contribution in [0, 0.1) is 0 Å².